The highest BCUT2D eigenvalue weighted by Crippen LogP contribution is 2.28. The van der Waals surface area contributed by atoms with Gasteiger partial charge in [-0.15, -0.1) is 0 Å². The maximum Gasteiger partial charge on any atom is 0.225 e. The van der Waals surface area contributed by atoms with E-state index < -0.39 is 10.8 Å². The summed E-state index contributed by atoms with van der Waals surface area (Å²) in [6.07, 6.45) is 5.38. The van der Waals surface area contributed by atoms with Crippen LogP contribution in [0.3, 0.4) is 0 Å². The van der Waals surface area contributed by atoms with Crippen LogP contribution in [0.1, 0.15) is 73.1 Å². The smallest absolute Gasteiger partial charge is 0.225 e. The number of aromatic nitrogens is 5. The molecular formula is C32H41N7O2. The van der Waals surface area contributed by atoms with Gasteiger partial charge >= 0.3 is 0 Å². The molecule has 1 aromatic carbocycles. The van der Waals surface area contributed by atoms with Gasteiger partial charge in [0.05, 0.1) is 42.1 Å². The number of H-pyrrole nitrogens is 2. The van der Waals surface area contributed by atoms with Crippen LogP contribution in [0.25, 0.3) is 33.8 Å². The van der Waals surface area contributed by atoms with Gasteiger partial charge in [0.25, 0.3) is 0 Å². The molecule has 4 aromatic rings. The maximum atomic E-state index is 12.6. The predicted octanol–water partition coefficient (Wildman–Crippen LogP) is 6.05. The molecule has 0 aliphatic carbocycles. The molecular weight excluding hydrogens is 514 g/mol. The van der Waals surface area contributed by atoms with Gasteiger partial charge in [0.15, 0.2) is 0 Å². The van der Waals surface area contributed by atoms with Crippen LogP contribution >= 0.6 is 0 Å². The zero-order valence-electron chi connectivity index (χ0n) is 25.2. The molecule has 0 saturated carbocycles. The SMILES string of the molecule is CC(C)C(NC(=O)C(C)(C)C)c1ncc(-c2ccc(-c3ccc(-c4cnc(CNC(=O)C(C)(C)C)[nH]4)nc3)cc2)[nH]1. The van der Waals surface area contributed by atoms with Gasteiger partial charge in [0.1, 0.15) is 11.6 Å². The van der Waals surface area contributed by atoms with Crippen molar-refractivity contribution in [3.05, 3.63) is 66.6 Å². The molecule has 0 spiro atoms. The summed E-state index contributed by atoms with van der Waals surface area (Å²) in [5, 5.41) is 6.04. The molecule has 3 heterocycles. The normalized spacial score (nSPS) is 12.8. The minimum absolute atomic E-state index is 0.00399. The molecule has 0 fully saturated rings. The van der Waals surface area contributed by atoms with Crippen molar-refractivity contribution in [2.45, 2.75) is 68.0 Å². The summed E-state index contributed by atoms with van der Waals surface area (Å²) < 4.78 is 0. The minimum atomic E-state index is -0.474. The van der Waals surface area contributed by atoms with Crippen LogP contribution < -0.4 is 10.6 Å². The Hall–Kier alpha value is -4.27. The summed E-state index contributed by atoms with van der Waals surface area (Å²) in [6.45, 7) is 15.8. The first-order chi connectivity index (χ1) is 19.2. The van der Waals surface area contributed by atoms with Crippen molar-refractivity contribution >= 4 is 11.8 Å². The second-order valence-electron chi connectivity index (χ2n) is 12.8. The Morgan fingerprint density at radius 1 is 0.732 bits per heavy atom. The number of rotatable bonds is 8. The Kier molecular flexibility index (Phi) is 8.47. The number of aromatic amines is 2. The molecule has 1 atom stereocenters. The molecule has 3 aromatic heterocycles. The average Bonchev–Trinajstić information content (AvgIpc) is 3.59. The molecule has 9 heteroatoms. The van der Waals surface area contributed by atoms with E-state index in [1.54, 1.807) is 6.20 Å². The van der Waals surface area contributed by atoms with E-state index in [-0.39, 0.29) is 23.8 Å². The third-order valence-electron chi connectivity index (χ3n) is 6.82. The van der Waals surface area contributed by atoms with Gasteiger partial charge < -0.3 is 20.6 Å². The Morgan fingerprint density at radius 3 is 1.93 bits per heavy atom. The van der Waals surface area contributed by atoms with Gasteiger partial charge in [-0.05, 0) is 23.1 Å². The summed E-state index contributed by atoms with van der Waals surface area (Å²) in [6, 6.07) is 12.0. The number of nitrogens with zero attached hydrogens (tertiary/aromatic N) is 3. The molecule has 9 nitrogen and oxygen atoms in total. The van der Waals surface area contributed by atoms with Crippen LogP contribution in [0.2, 0.25) is 0 Å². The predicted molar refractivity (Wildman–Crippen MR) is 161 cm³/mol. The van der Waals surface area contributed by atoms with E-state index in [4.69, 9.17) is 0 Å². The first-order valence-electron chi connectivity index (χ1n) is 14.0. The molecule has 0 saturated heterocycles. The van der Waals surface area contributed by atoms with Crippen molar-refractivity contribution in [3.63, 3.8) is 0 Å². The van der Waals surface area contributed by atoms with Crippen molar-refractivity contribution in [2.24, 2.45) is 16.7 Å². The standard InChI is InChI=1S/C32H41N7O2/c1-19(2)27(39-30(41)32(6,7)8)28-35-16-24(38-28)21-11-9-20(10-12-21)22-13-14-23(33-15-22)25-17-34-26(37-25)18-36-29(40)31(3,4)5/h9-17,19,27H,18H2,1-8H3,(H,34,37)(H,35,38)(H,36,40)(H,39,41). The number of hydrogen-bond donors (Lipinski definition) is 4. The minimum Gasteiger partial charge on any atom is -0.348 e. The molecule has 4 N–H and O–H groups in total. The fourth-order valence-corrected chi connectivity index (χ4v) is 4.13. The number of pyridine rings is 1. The average molecular weight is 556 g/mol. The van der Waals surface area contributed by atoms with Crippen LogP contribution in [0, 0.1) is 16.7 Å². The topological polar surface area (TPSA) is 128 Å². The van der Waals surface area contributed by atoms with Crippen LogP contribution in [0.4, 0.5) is 0 Å². The van der Waals surface area contributed by atoms with Gasteiger partial charge in [-0.1, -0.05) is 85.7 Å². The summed E-state index contributed by atoms with van der Waals surface area (Å²) in [7, 11) is 0. The summed E-state index contributed by atoms with van der Waals surface area (Å²) in [5.74, 6) is 1.57. The van der Waals surface area contributed by atoms with Gasteiger partial charge in [0.2, 0.25) is 11.8 Å². The van der Waals surface area contributed by atoms with E-state index >= 15 is 0 Å². The number of imidazole rings is 2. The number of amides is 2. The summed E-state index contributed by atoms with van der Waals surface area (Å²) in [4.78, 5) is 45.0. The van der Waals surface area contributed by atoms with E-state index in [1.165, 1.54) is 0 Å². The second-order valence-corrected chi connectivity index (χ2v) is 12.8. The Balaban J connectivity index is 1.43. The lowest BCUT2D eigenvalue weighted by molar-refractivity contribution is -0.130. The number of carbonyl (C=O) groups excluding carboxylic acids is 2. The lowest BCUT2D eigenvalue weighted by Gasteiger charge is -2.25. The van der Waals surface area contributed by atoms with Crippen molar-refractivity contribution in [1.29, 1.82) is 0 Å². The Bertz CT molecular complexity index is 1480. The zero-order valence-corrected chi connectivity index (χ0v) is 25.2. The second kappa shape index (κ2) is 11.7. The lowest BCUT2D eigenvalue weighted by Crippen LogP contribution is -2.39. The van der Waals surface area contributed by atoms with Crippen LogP contribution in [-0.2, 0) is 16.1 Å². The molecule has 4 rings (SSSR count). The monoisotopic (exact) mass is 555 g/mol. The maximum absolute atomic E-state index is 12.6. The number of carbonyl (C=O) groups is 2. The Labute approximate surface area is 242 Å². The third-order valence-corrected chi connectivity index (χ3v) is 6.82. The van der Waals surface area contributed by atoms with Gasteiger partial charge in [-0.3, -0.25) is 14.6 Å². The molecule has 0 bridgehead atoms. The molecule has 0 radical (unpaired) electrons. The lowest BCUT2D eigenvalue weighted by atomic mass is 9.94. The van der Waals surface area contributed by atoms with E-state index in [0.29, 0.717) is 12.4 Å². The highest BCUT2D eigenvalue weighted by molar-refractivity contribution is 5.82. The molecule has 216 valence electrons. The van der Waals surface area contributed by atoms with Crippen LogP contribution in [0.15, 0.2) is 55.0 Å². The fourth-order valence-electron chi connectivity index (χ4n) is 4.13. The quantitative estimate of drug-likeness (QED) is 0.210. The van der Waals surface area contributed by atoms with Gasteiger partial charge in [-0.25, -0.2) is 9.97 Å². The fraction of sp³-hybridized carbons (Fsp3) is 0.406. The van der Waals surface area contributed by atoms with Crippen molar-refractivity contribution in [3.8, 4) is 33.8 Å². The molecule has 41 heavy (non-hydrogen) atoms. The van der Waals surface area contributed by atoms with Crippen molar-refractivity contribution in [2.75, 3.05) is 0 Å². The molecule has 1 unspecified atom stereocenters. The molecule has 0 aliphatic heterocycles. The van der Waals surface area contributed by atoms with E-state index in [1.807, 2.05) is 78.2 Å². The highest BCUT2D eigenvalue weighted by atomic mass is 16.2. The Morgan fingerprint density at radius 2 is 1.34 bits per heavy atom. The first kappa shape index (κ1) is 29.7. The summed E-state index contributed by atoms with van der Waals surface area (Å²) in [5.41, 5.74) is 4.57. The first-order valence-corrected chi connectivity index (χ1v) is 14.0. The van der Waals surface area contributed by atoms with E-state index in [0.717, 1.165) is 39.6 Å². The number of hydrogen-bond acceptors (Lipinski definition) is 5. The van der Waals surface area contributed by atoms with Gasteiger partial charge in [-0.2, -0.15) is 0 Å². The van der Waals surface area contributed by atoms with Gasteiger partial charge in [0, 0.05) is 22.6 Å². The van der Waals surface area contributed by atoms with Crippen molar-refractivity contribution < 1.29 is 9.59 Å². The number of benzene rings is 1. The largest absolute Gasteiger partial charge is 0.348 e. The molecule has 0 aliphatic rings. The highest BCUT2D eigenvalue weighted by Gasteiger charge is 2.28. The van der Waals surface area contributed by atoms with E-state index in [2.05, 4.69) is 61.5 Å². The number of nitrogens with one attached hydrogen (secondary N) is 4. The molecule has 2 amide bonds. The van der Waals surface area contributed by atoms with E-state index in [9.17, 15) is 9.59 Å². The van der Waals surface area contributed by atoms with Crippen molar-refractivity contribution in [1.82, 2.24) is 35.6 Å². The van der Waals surface area contributed by atoms with Crippen LogP contribution in [-0.4, -0.2) is 36.7 Å². The zero-order chi connectivity index (χ0) is 29.9. The third kappa shape index (κ3) is 7.28. The van der Waals surface area contributed by atoms with Crippen LogP contribution in [0.5, 0.6) is 0 Å². The summed E-state index contributed by atoms with van der Waals surface area (Å²) >= 11 is 0.